The van der Waals surface area contributed by atoms with Gasteiger partial charge in [-0.2, -0.15) is 0 Å². The molecule has 4 aliphatic rings. The number of aliphatic hydroxyl groups excluding tert-OH is 1. The first kappa shape index (κ1) is 16.0. The van der Waals surface area contributed by atoms with Crippen LogP contribution in [0.5, 0.6) is 0 Å². The number of carbonyl (C=O) groups excluding carboxylic acids is 2. The largest absolute Gasteiger partial charge is 0.389 e. The van der Waals surface area contributed by atoms with Crippen molar-refractivity contribution < 1.29 is 14.7 Å². The lowest BCUT2D eigenvalue weighted by atomic mass is 9.52. The summed E-state index contributed by atoms with van der Waals surface area (Å²) in [6, 6.07) is 0. The number of fused-ring (bicyclic) bond motifs is 5. The van der Waals surface area contributed by atoms with Gasteiger partial charge in [-0.1, -0.05) is 30.2 Å². The molecule has 0 spiro atoms. The van der Waals surface area contributed by atoms with Gasteiger partial charge in [0.2, 0.25) is 0 Å². The van der Waals surface area contributed by atoms with E-state index in [0.717, 1.165) is 32.1 Å². The number of hydrogen-bond donors (Lipinski definition) is 1. The Balaban J connectivity index is 1.73. The maximum Gasteiger partial charge on any atom is 0.178 e. The molecular weight excluding hydrogens is 300 g/mol. The number of allylic oxidation sites excluding steroid dienone is 6. The van der Waals surface area contributed by atoms with Gasteiger partial charge in [-0.15, -0.1) is 0 Å². The molecule has 24 heavy (non-hydrogen) atoms. The molecule has 5 atom stereocenters. The van der Waals surface area contributed by atoms with E-state index in [9.17, 15) is 14.7 Å². The highest BCUT2D eigenvalue weighted by Crippen LogP contribution is 2.63. The van der Waals surface area contributed by atoms with Crippen molar-refractivity contribution in [1.82, 2.24) is 0 Å². The van der Waals surface area contributed by atoms with Gasteiger partial charge in [0.1, 0.15) is 6.61 Å². The van der Waals surface area contributed by atoms with Gasteiger partial charge >= 0.3 is 0 Å². The SMILES string of the molecule is C[C@]12C=CC(=O)C=C1CC[C@@H]1C2=CC[C@@]2(C)C1CC[C@@H]2C(=O)CO. The van der Waals surface area contributed by atoms with Crippen LogP contribution in [0.25, 0.3) is 0 Å². The van der Waals surface area contributed by atoms with E-state index in [2.05, 4.69) is 26.0 Å². The number of carbonyl (C=O) groups is 2. The molecule has 128 valence electrons. The Kier molecular flexibility index (Phi) is 3.51. The fourth-order valence-corrected chi connectivity index (χ4v) is 6.16. The van der Waals surface area contributed by atoms with E-state index in [1.54, 1.807) is 6.08 Å². The van der Waals surface area contributed by atoms with Gasteiger partial charge in [-0.05, 0) is 68.4 Å². The van der Waals surface area contributed by atoms with Gasteiger partial charge < -0.3 is 5.11 Å². The van der Waals surface area contributed by atoms with E-state index < -0.39 is 0 Å². The van der Waals surface area contributed by atoms with Crippen LogP contribution in [0, 0.1) is 28.6 Å². The molecule has 0 heterocycles. The van der Waals surface area contributed by atoms with Crippen molar-refractivity contribution in [2.24, 2.45) is 28.6 Å². The Hall–Kier alpha value is -1.48. The van der Waals surface area contributed by atoms with Crippen molar-refractivity contribution in [2.45, 2.75) is 46.0 Å². The molecule has 2 saturated carbocycles. The fraction of sp³-hybridized carbons (Fsp3) is 0.619. The van der Waals surface area contributed by atoms with Gasteiger partial charge in [0.05, 0.1) is 0 Å². The van der Waals surface area contributed by atoms with Crippen molar-refractivity contribution in [3.05, 3.63) is 35.5 Å². The first-order valence-corrected chi connectivity index (χ1v) is 9.18. The third kappa shape index (κ3) is 2.00. The zero-order chi connectivity index (χ0) is 17.1. The smallest absolute Gasteiger partial charge is 0.178 e. The van der Waals surface area contributed by atoms with Crippen LogP contribution in [-0.4, -0.2) is 23.3 Å². The quantitative estimate of drug-likeness (QED) is 0.791. The van der Waals surface area contributed by atoms with Crippen molar-refractivity contribution >= 4 is 11.6 Å². The highest BCUT2D eigenvalue weighted by molar-refractivity contribution is 6.01. The lowest BCUT2D eigenvalue weighted by Crippen LogP contribution is -2.45. The molecule has 0 amide bonds. The molecule has 0 saturated heterocycles. The molecule has 3 heteroatoms. The maximum atomic E-state index is 12.2. The van der Waals surface area contributed by atoms with Gasteiger partial charge in [-0.25, -0.2) is 0 Å². The van der Waals surface area contributed by atoms with Crippen molar-refractivity contribution in [3.8, 4) is 0 Å². The summed E-state index contributed by atoms with van der Waals surface area (Å²) in [6.07, 6.45) is 12.9. The first-order valence-electron chi connectivity index (χ1n) is 9.18. The summed E-state index contributed by atoms with van der Waals surface area (Å²) < 4.78 is 0. The number of rotatable bonds is 2. The lowest BCUT2D eigenvalue weighted by molar-refractivity contribution is -0.129. The second kappa shape index (κ2) is 5.26. The first-order chi connectivity index (χ1) is 11.4. The van der Waals surface area contributed by atoms with E-state index in [4.69, 9.17) is 0 Å². The van der Waals surface area contributed by atoms with Gasteiger partial charge in [0, 0.05) is 11.3 Å². The summed E-state index contributed by atoms with van der Waals surface area (Å²) in [5, 5.41) is 9.34. The summed E-state index contributed by atoms with van der Waals surface area (Å²) in [6.45, 7) is 4.17. The zero-order valence-corrected chi connectivity index (χ0v) is 14.5. The summed E-state index contributed by atoms with van der Waals surface area (Å²) in [5.41, 5.74) is 2.59. The van der Waals surface area contributed by atoms with E-state index in [1.807, 2.05) is 6.08 Å². The third-order valence-corrected chi connectivity index (χ3v) is 7.49. The molecule has 0 radical (unpaired) electrons. The van der Waals surface area contributed by atoms with Crippen molar-refractivity contribution in [2.75, 3.05) is 6.61 Å². The summed E-state index contributed by atoms with van der Waals surface area (Å²) in [5.74, 6) is 1.14. The Morgan fingerprint density at radius 2 is 2.08 bits per heavy atom. The highest BCUT2D eigenvalue weighted by Gasteiger charge is 2.56. The second-order valence-corrected chi connectivity index (χ2v) is 8.48. The van der Waals surface area contributed by atoms with Gasteiger partial charge in [0.15, 0.2) is 11.6 Å². The maximum absolute atomic E-state index is 12.2. The number of ketones is 2. The predicted molar refractivity (Wildman–Crippen MR) is 92.2 cm³/mol. The standard InChI is InChI=1S/C21H26O3/c1-20-9-7-14(23)11-13(20)3-4-15-16-5-6-18(19(24)12-22)21(16,2)10-8-17(15)20/h7-9,11,15-16,18,22H,3-6,10,12H2,1-2H3/t15-,16?,18+,20-,21-/m0/s1. The highest BCUT2D eigenvalue weighted by atomic mass is 16.3. The van der Waals surface area contributed by atoms with Gasteiger partial charge in [0.25, 0.3) is 0 Å². The van der Waals surface area contributed by atoms with E-state index in [0.29, 0.717) is 11.8 Å². The minimum Gasteiger partial charge on any atom is -0.389 e. The Bertz CT molecular complexity index is 698. The molecular formula is C21H26O3. The summed E-state index contributed by atoms with van der Waals surface area (Å²) in [7, 11) is 0. The normalized spacial score (nSPS) is 43.5. The van der Waals surface area contributed by atoms with Crippen LogP contribution in [0.15, 0.2) is 35.5 Å². The van der Waals surface area contributed by atoms with E-state index in [-0.39, 0.29) is 34.9 Å². The second-order valence-electron chi connectivity index (χ2n) is 8.48. The molecule has 4 aliphatic carbocycles. The molecule has 0 aromatic rings. The molecule has 1 unspecified atom stereocenters. The van der Waals surface area contributed by atoms with Crippen LogP contribution in [0.2, 0.25) is 0 Å². The monoisotopic (exact) mass is 326 g/mol. The summed E-state index contributed by atoms with van der Waals surface area (Å²) in [4.78, 5) is 24.0. The average molecular weight is 326 g/mol. The number of Topliss-reactive ketones (excluding diaryl/α,β-unsaturated/α-hetero) is 1. The molecule has 2 fully saturated rings. The predicted octanol–water partition coefficient (Wildman–Crippen LogP) is 3.39. The third-order valence-electron chi connectivity index (χ3n) is 7.49. The van der Waals surface area contributed by atoms with Crippen LogP contribution in [0.4, 0.5) is 0 Å². The molecule has 4 rings (SSSR count). The van der Waals surface area contributed by atoms with Crippen molar-refractivity contribution in [1.29, 1.82) is 0 Å². The molecule has 1 N–H and O–H groups in total. The number of hydrogen-bond acceptors (Lipinski definition) is 3. The Labute approximate surface area is 143 Å². The Morgan fingerprint density at radius 1 is 1.29 bits per heavy atom. The van der Waals surface area contributed by atoms with E-state index >= 15 is 0 Å². The topological polar surface area (TPSA) is 54.4 Å². The Morgan fingerprint density at radius 3 is 2.83 bits per heavy atom. The summed E-state index contributed by atoms with van der Waals surface area (Å²) >= 11 is 0. The molecule has 0 bridgehead atoms. The number of aliphatic hydroxyl groups is 1. The molecule has 0 aromatic heterocycles. The van der Waals surface area contributed by atoms with Crippen molar-refractivity contribution in [3.63, 3.8) is 0 Å². The fourth-order valence-electron chi connectivity index (χ4n) is 6.16. The van der Waals surface area contributed by atoms with Crippen LogP contribution in [-0.2, 0) is 9.59 Å². The van der Waals surface area contributed by atoms with E-state index in [1.165, 1.54) is 11.1 Å². The molecule has 0 aliphatic heterocycles. The minimum atomic E-state index is -0.330. The van der Waals surface area contributed by atoms with Crippen LogP contribution < -0.4 is 0 Å². The van der Waals surface area contributed by atoms with Crippen LogP contribution in [0.3, 0.4) is 0 Å². The average Bonchev–Trinajstić information content (AvgIpc) is 2.92. The van der Waals surface area contributed by atoms with Crippen LogP contribution >= 0.6 is 0 Å². The minimum absolute atomic E-state index is 0.00137. The zero-order valence-electron chi connectivity index (χ0n) is 14.5. The molecule has 0 aromatic carbocycles. The van der Waals surface area contributed by atoms with Crippen LogP contribution in [0.1, 0.15) is 46.0 Å². The van der Waals surface area contributed by atoms with Gasteiger partial charge in [-0.3, -0.25) is 9.59 Å². The lowest BCUT2D eigenvalue weighted by Gasteiger charge is -2.52. The molecule has 3 nitrogen and oxygen atoms in total.